The maximum atomic E-state index is 12.1. The van der Waals surface area contributed by atoms with Crippen molar-refractivity contribution in [2.75, 3.05) is 0 Å². The Kier molecular flexibility index (Phi) is 4.68. The van der Waals surface area contributed by atoms with Gasteiger partial charge in [-0.1, -0.05) is 31.4 Å². The molecule has 4 heteroatoms. The molecule has 0 aromatic heterocycles. The molecule has 0 radical (unpaired) electrons. The maximum absolute atomic E-state index is 12.1. The average molecular weight is 331 g/mol. The van der Waals surface area contributed by atoms with Crippen LogP contribution in [0.25, 0.3) is 0 Å². The van der Waals surface area contributed by atoms with Crippen molar-refractivity contribution in [3.8, 4) is 0 Å². The standard InChI is InChI=1S/C14H17BrClNO/c1-9-3-2-4-11(7-9)17-14(18)10-5-6-13(16)12(15)8-10/h5-6,8-9,11H,2-4,7H2,1H3,(H,17,18). The largest absolute Gasteiger partial charge is 0.349 e. The smallest absolute Gasteiger partial charge is 0.251 e. The van der Waals surface area contributed by atoms with E-state index < -0.39 is 0 Å². The summed E-state index contributed by atoms with van der Waals surface area (Å²) in [5.41, 5.74) is 0.657. The minimum absolute atomic E-state index is 0.00790. The summed E-state index contributed by atoms with van der Waals surface area (Å²) < 4.78 is 0.758. The second-order valence-electron chi connectivity index (χ2n) is 5.07. The first-order valence-corrected chi connectivity index (χ1v) is 7.49. The third kappa shape index (κ3) is 3.48. The van der Waals surface area contributed by atoms with Crippen molar-refractivity contribution in [2.24, 2.45) is 5.92 Å². The first kappa shape index (κ1) is 13.9. The van der Waals surface area contributed by atoms with Gasteiger partial charge in [0.15, 0.2) is 0 Å². The van der Waals surface area contributed by atoms with Gasteiger partial charge in [-0.25, -0.2) is 0 Å². The topological polar surface area (TPSA) is 29.1 Å². The fourth-order valence-corrected chi connectivity index (χ4v) is 2.97. The highest BCUT2D eigenvalue weighted by Crippen LogP contribution is 2.25. The molecule has 1 aromatic carbocycles. The first-order valence-electron chi connectivity index (χ1n) is 6.32. The lowest BCUT2D eigenvalue weighted by Crippen LogP contribution is -2.37. The van der Waals surface area contributed by atoms with Crippen LogP contribution in [-0.2, 0) is 0 Å². The van der Waals surface area contributed by atoms with Crippen LogP contribution in [0.3, 0.4) is 0 Å². The van der Waals surface area contributed by atoms with E-state index in [1.165, 1.54) is 12.8 Å². The lowest BCUT2D eigenvalue weighted by molar-refractivity contribution is 0.0921. The molecule has 18 heavy (non-hydrogen) atoms. The Morgan fingerprint density at radius 3 is 2.89 bits per heavy atom. The molecular formula is C14H17BrClNO. The van der Waals surface area contributed by atoms with Gasteiger partial charge in [-0.15, -0.1) is 0 Å². The summed E-state index contributed by atoms with van der Waals surface area (Å²) in [5.74, 6) is 0.701. The lowest BCUT2D eigenvalue weighted by atomic mass is 9.87. The predicted molar refractivity (Wildman–Crippen MR) is 78.0 cm³/mol. The molecule has 0 saturated heterocycles. The second kappa shape index (κ2) is 6.07. The SMILES string of the molecule is CC1CCCC(NC(=O)c2ccc(Cl)c(Br)c2)C1. The van der Waals surface area contributed by atoms with Crippen LogP contribution in [0.2, 0.25) is 5.02 Å². The second-order valence-corrected chi connectivity index (χ2v) is 6.33. The van der Waals surface area contributed by atoms with Gasteiger partial charge in [0.2, 0.25) is 0 Å². The lowest BCUT2D eigenvalue weighted by Gasteiger charge is -2.27. The molecule has 2 rings (SSSR count). The van der Waals surface area contributed by atoms with E-state index in [0.717, 1.165) is 17.3 Å². The molecule has 2 nitrogen and oxygen atoms in total. The van der Waals surface area contributed by atoms with E-state index >= 15 is 0 Å². The van der Waals surface area contributed by atoms with Crippen LogP contribution >= 0.6 is 27.5 Å². The van der Waals surface area contributed by atoms with Gasteiger partial charge in [0, 0.05) is 16.1 Å². The van der Waals surface area contributed by atoms with Crippen LogP contribution in [-0.4, -0.2) is 11.9 Å². The number of halogens is 2. The van der Waals surface area contributed by atoms with E-state index in [-0.39, 0.29) is 5.91 Å². The molecule has 1 amide bonds. The van der Waals surface area contributed by atoms with E-state index in [9.17, 15) is 4.79 Å². The van der Waals surface area contributed by atoms with Crippen molar-refractivity contribution < 1.29 is 4.79 Å². The summed E-state index contributed by atoms with van der Waals surface area (Å²) in [6.07, 6.45) is 4.65. The van der Waals surface area contributed by atoms with Gasteiger partial charge in [0.25, 0.3) is 5.91 Å². The number of hydrogen-bond donors (Lipinski definition) is 1. The first-order chi connectivity index (χ1) is 8.56. The van der Waals surface area contributed by atoms with Gasteiger partial charge in [-0.05, 0) is 52.9 Å². The molecule has 1 N–H and O–H groups in total. The highest BCUT2D eigenvalue weighted by atomic mass is 79.9. The molecule has 1 fully saturated rings. The van der Waals surface area contributed by atoms with E-state index in [4.69, 9.17) is 11.6 Å². The summed E-state index contributed by atoms with van der Waals surface area (Å²) >= 11 is 9.25. The predicted octanol–water partition coefficient (Wildman–Crippen LogP) is 4.41. The van der Waals surface area contributed by atoms with Crippen molar-refractivity contribution in [3.05, 3.63) is 33.3 Å². The molecule has 0 spiro atoms. The van der Waals surface area contributed by atoms with Gasteiger partial charge in [0.1, 0.15) is 0 Å². The van der Waals surface area contributed by atoms with Crippen molar-refractivity contribution in [2.45, 2.75) is 38.6 Å². The zero-order valence-electron chi connectivity index (χ0n) is 10.4. The molecule has 98 valence electrons. The van der Waals surface area contributed by atoms with Gasteiger partial charge in [-0.3, -0.25) is 4.79 Å². The normalized spacial score (nSPS) is 23.7. The quantitative estimate of drug-likeness (QED) is 0.855. The van der Waals surface area contributed by atoms with E-state index in [2.05, 4.69) is 28.2 Å². The van der Waals surface area contributed by atoms with E-state index in [1.807, 2.05) is 0 Å². The van der Waals surface area contributed by atoms with Gasteiger partial charge < -0.3 is 5.32 Å². The Morgan fingerprint density at radius 2 is 2.22 bits per heavy atom. The maximum Gasteiger partial charge on any atom is 0.251 e. The van der Waals surface area contributed by atoms with E-state index in [1.54, 1.807) is 18.2 Å². The zero-order chi connectivity index (χ0) is 13.1. The third-order valence-electron chi connectivity index (χ3n) is 3.45. The molecule has 1 saturated carbocycles. The monoisotopic (exact) mass is 329 g/mol. The van der Waals surface area contributed by atoms with Gasteiger partial charge >= 0.3 is 0 Å². The van der Waals surface area contributed by atoms with Crippen LogP contribution in [0, 0.1) is 5.92 Å². The number of rotatable bonds is 2. The Bertz CT molecular complexity index is 449. The van der Waals surface area contributed by atoms with E-state index in [0.29, 0.717) is 22.5 Å². The number of amides is 1. The summed E-state index contributed by atoms with van der Waals surface area (Å²) in [5, 5.41) is 3.73. The minimum Gasteiger partial charge on any atom is -0.349 e. The number of carbonyl (C=O) groups is 1. The van der Waals surface area contributed by atoms with Crippen molar-refractivity contribution in [3.63, 3.8) is 0 Å². The van der Waals surface area contributed by atoms with Crippen LogP contribution in [0.5, 0.6) is 0 Å². The molecule has 1 aliphatic rings. The average Bonchev–Trinajstić information content (AvgIpc) is 2.32. The number of benzene rings is 1. The molecule has 0 bridgehead atoms. The molecule has 0 aliphatic heterocycles. The molecule has 0 heterocycles. The molecular weight excluding hydrogens is 314 g/mol. The Hall–Kier alpha value is -0.540. The van der Waals surface area contributed by atoms with Crippen LogP contribution in [0.4, 0.5) is 0 Å². The highest BCUT2D eigenvalue weighted by Gasteiger charge is 2.21. The van der Waals surface area contributed by atoms with Crippen molar-refractivity contribution >= 4 is 33.4 Å². The highest BCUT2D eigenvalue weighted by molar-refractivity contribution is 9.10. The van der Waals surface area contributed by atoms with Gasteiger partial charge in [0.05, 0.1) is 5.02 Å². The number of nitrogens with one attached hydrogen (secondary N) is 1. The summed E-state index contributed by atoms with van der Waals surface area (Å²) in [6.45, 7) is 2.25. The molecule has 1 aromatic rings. The van der Waals surface area contributed by atoms with Crippen LogP contribution in [0.1, 0.15) is 43.0 Å². The van der Waals surface area contributed by atoms with Crippen molar-refractivity contribution in [1.82, 2.24) is 5.32 Å². The van der Waals surface area contributed by atoms with Crippen LogP contribution < -0.4 is 5.32 Å². The fourth-order valence-electron chi connectivity index (χ4n) is 2.47. The van der Waals surface area contributed by atoms with Crippen molar-refractivity contribution in [1.29, 1.82) is 0 Å². The molecule has 1 aliphatic carbocycles. The molecule has 2 atom stereocenters. The zero-order valence-corrected chi connectivity index (χ0v) is 12.7. The Balaban J connectivity index is 2.00. The van der Waals surface area contributed by atoms with Crippen LogP contribution in [0.15, 0.2) is 22.7 Å². The minimum atomic E-state index is -0.00790. The van der Waals surface area contributed by atoms with Gasteiger partial charge in [-0.2, -0.15) is 0 Å². The summed E-state index contributed by atoms with van der Waals surface area (Å²) in [6, 6.07) is 5.58. The fraction of sp³-hybridized carbons (Fsp3) is 0.500. The summed E-state index contributed by atoms with van der Waals surface area (Å²) in [7, 11) is 0. The number of carbonyl (C=O) groups excluding carboxylic acids is 1. The summed E-state index contributed by atoms with van der Waals surface area (Å²) in [4.78, 5) is 12.1. The number of hydrogen-bond acceptors (Lipinski definition) is 1. The Morgan fingerprint density at radius 1 is 1.44 bits per heavy atom. The molecule has 2 unspecified atom stereocenters. The Labute approximate surface area is 121 Å². The third-order valence-corrected chi connectivity index (χ3v) is 4.67.